The largest absolute Gasteiger partial charge is 0.507 e. The molecule has 6 aliphatic carbocycles. The van der Waals surface area contributed by atoms with Crippen LogP contribution in [0.3, 0.4) is 0 Å². The molecule has 0 amide bonds. The molecular weight excluding hydrogens is 544 g/mol. The van der Waals surface area contributed by atoms with Crippen LogP contribution >= 0.6 is 0 Å². The van der Waals surface area contributed by atoms with Crippen LogP contribution in [-0.2, 0) is 9.59 Å². The summed E-state index contributed by atoms with van der Waals surface area (Å²) in [6.45, 7) is 1.98. The number of phenols is 2. The summed E-state index contributed by atoms with van der Waals surface area (Å²) < 4.78 is 0. The zero-order chi connectivity index (χ0) is 29.9. The third-order valence-electron chi connectivity index (χ3n) is 11.2. The van der Waals surface area contributed by atoms with E-state index in [2.05, 4.69) is 0 Å². The Morgan fingerprint density at radius 2 is 0.976 bits per heavy atom. The standard InChI is InChI=1S/C32H26O10/c1-9-3-11-17(15(35)5-9)25(37)23-28(40)22-13(7-33)19-20-14(8-34)21(31(19,23)29(11)41)27(39)24-26(38)18-12(30(42)32(20,22)24)4-10(2)6-16(18)36/h3-6,13-14,19-22,33-38H,7-8H2,1-2H3. The highest BCUT2D eigenvalue weighted by Gasteiger charge is 2.89. The number of benzene rings is 2. The molecule has 42 heavy (non-hydrogen) atoms. The minimum absolute atomic E-state index is 0.112. The molecule has 2 aromatic rings. The minimum Gasteiger partial charge on any atom is -0.507 e. The van der Waals surface area contributed by atoms with E-state index in [1.54, 1.807) is 13.8 Å². The molecule has 4 saturated carbocycles. The Balaban J connectivity index is 1.57. The summed E-state index contributed by atoms with van der Waals surface area (Å²) in [5.41, 5.74) is -4.67. The van der Waals surface area contributed by atoms with Crippen molar-refractivity contribution < 1.29 is 49.8 Å². The second kappa shape index (κ2) is 7.37. The number of ketones is 4. The molecule has 0 aromatic heterocycles. The number of Topliss-reactive ketones (excluding diaryl/α,β-unsaturated/α-hetero) is 4. The van der Waals surface area contributed by atoms with Gasteiger partial charge in [0.2, 0.25) is 0 Å². The van der Waals surface area contributed by atoms with E-state index in [4.69, 9.17) is 0 Å². The highest BCUT2D eigenvalue weighted by molar-refractivity contribution is 6.30. The van der Waals surface area contributed by atoms with Crippen LogP contribution in [0.25, 0.3) is 11.5 Å². The summed E-state index contributed by atoms with van der Waals surface area (Å²) in [6, 6.07) is 5.55. The second-order valence-electron chi connectivity index (χ2n) is 12.7. The number of aryl methyl sites for hydroxylation is 2. The quantitative estimate of drug-likeness (QED) is 0.312. The Bertz CT molecular complexity index is 1710. The molecule has 0 saturated heterocycles. The summed E-state index contributed by atoms with van der Waals surface area (Å²) >= 11 is 0. The van der Waals surface area contributed by atoms with Gasteiger partial charge in [-0.15, -0.1) is 0 Å². The molecule has 8 rings (SSSR count). The highest BCUT2D eigenvalue weighted by atomic mass is 16.3. The zero-order valence-corrected chi connectivity index (χ0v) is 22.5. The third kappa shape index (κ3) is 2.21. The lowest BCUT2D eigenvalue weighted by atomic mass is 9.44. The van der Waals surface area contributed by atoms with Crippen LogP contribution in [0, 0.1) is 60.2 Å². The normalized spacial score (nSPS) is 36.9. The first kappa shape index (κ1) is 25.4. The maximum absolute atomic E-state index is 14.8. The van der Waals surface area contributed by atoms with Crippen LogP contribution in [0.5, 0.6) is 11.5 Å². The summed E-state index contributed by atoms with van der Waals surface area (Å²) in [4.78, 5) is 59.1. The average Bonchev–Trinajstić information content (AvgIpc) is 3.34. The minimum atomic E-state index is -2.06. The van der Waals surface area contributed by atoms with Gasteiger partial charge < -0.3 is 30.6 Å². The van der Waals surface area contributed by atoms with Gasteiger partial charge in [0.1, 0.15) is 23.0 Å². The third-order valence-corrected chi connectivity index (χ3v) is 11.2. The number of rotatable bonds is 2. The molecule has 10 heteroatoms. The number of phenolic OH excluding ortho intramolecular Hbond substituents is 2. The Labute approximate surface area is 238 Å². The summed E-state index contributed by atoms with van der Waals surface area (Å²) in [5, 5.41) is 66.6. The number of hydrogen-bond acceptors (Lipinski definition) is 10. The molecule has 10 nitrogen and oxygen atoms in total. The van der Waals surface area contributed by atoms with Gasteiger partial charge in [0.15, 0.2) is 23.1 Å². The van der Waals surface area contributed by atoms with Crippen LogP contribution < -0.4 is 0 Å². The molecule has 0 aliphatic heterocycles. The van der Waals surface area contributed by atoms with Crippen LogP contribution in [0.4, 0.5) is 0 Å². The summed E-state index contributed by atoms with van der Waals surface area (Å²) in [5.74, 6) is -12.4. The fourth-order valence-corrected chi connectivity index (χ4v) is 10.4. The molecule has 214 valence electrons. The Morgan fingerprint density at radius 3 is 1.31 bits per heavy atom. The van der Waals surface area contributed by atoms with E-state index in [0.29, 0.717) is 11.1 Å². The van der Waals surface area contributed by atoms with Gasteiger partial charge in [-0.05, 0) is 72.9 Å². The number of carbonyl (C=O) groups is 4. The van der Waals surface area contributed by atoms with E-state index in [9.17, 15) is 49.8 Å². The van der Waals surface area contributed by atoms with E-state index in [0.717, 1.165) is 0 Å². The van der Waals surface area contributed by atoms with Crippen molar-refractivity contribution in [2.24, 2.45) is 46.3 Å². The van der Waals surface area contributed by atoms with Crippen molar-refractivity contribution in [1.82, 2.24) is 0 Å². The molecule has 0 radical (unpaired) electrons. The molecule has 8 unspecified atom stereocenters. The highest BCUT2D eigenvalue weighted by Crippen LogP contribution is 2.83. The fraction of sp³-hybridized carbons (Fsp3) is 0.375. The van der Waals surface area contributed by atoms with Gasteiger partial charge in [0.05, 0.1) is 33.1 Å². The maximum atomic E-state index is 14.8. The molecular formula is C32H26O10. The number of aliphatic hydroxyl groups is 4. The second-order valence-corrected chi connectivity index (χ2v) is 12.7. The van der Waals surface area contributed by atoms with Crippen LogP contribution in [0.2, 0.25) is 0 Å². The molecule has 2 spiro atoms. The molecule has 8 atom stereocenters. The van der Waals surface area contributed by atoms with Crippen molar-refractivity contribution in [2.45, 2.75) is 13.8 Å². The molecule has 6 aliphatic rings. The molecule has 4 fully saturated rings. The summed E-state index contributed by atoms with van der Waals surface area (Å²) in [6.07, 6.45) is 0. The monoisotopic (exact) mass is 570 g/mol. The lowest BCUT2D eigenvalue weighted by Crippen LogP contribution is -2.64. The number of allylic oxidation sites excluding steroid dienone is 2. The topological polar surface area (TPSA) is 190 Å². The predicted octanol–water partition coefficient (Wildman–Crippen LogP) is 2.19. The van der Waals surface area contributed by atoms with Crippen molar-refractivity contribution in [1.29, 1.82) is 0 Å². The van der Waals surface area contributed by atoms with Crippen LogP contribution in [-0.4, -0.2) is 67.0 Å². The average molecular weight is 571 g/mol. The number of aromatic hydroxyl groups is 2. The molecule has 0 heterocycles. The molecule has 4 bridgehead atoms. The van der Waals surface area contributed by atoms with Gasteiger partial charge in [0, 0.05) is 36.2 Å². The van der Waals surface area contributed by atoms with Gasteiger partial charge in [0.25, 0.3) is 0 Å². The van der Waals surface area contributed by atoms with Crippen molar-refractivity contribution in [3.05, 3.63) is 68.8 Å². The van der Waals surface area contributed by atoms with Crippen molar-refractivity contribution in [2.75, 3.05) is 13.2 Å². The van der Waals surface area contributed by atoms with Crippen molar-refractivity contribution in [3.8, 4) is 11.5 Å². The van der Waals surface area contributed by atoms with Gasteiger partial charge >= 0.3 is 0 Å². The first-order chi connectivity index (χ1) is 19.9. The van der Waals surface area contributed by atoms with Gasteiger partial charge in [-0.1, -0.05) is 0 Å². The predicted molar refractivity (Wildman–Crippen MR) is 143 cm³/mol. The maximum Gasteiger partial charge on any atom is 0.175 e. The number of aliphatic hydroxyl groups excluding tert-OH is 4. The Morgan fingerprint density at radius 1 is 0.619 bits per heavy atom. The van der Waals surface area contributed by atoms with Gasteiger partial charge in [-0.3, -0.25) is 19.2 Å². The van der Waals surface area contributed by atoms with E-state index in [-0.39, 0.29) is 33.4 Å². The fourth-order valence-electron chi connectivity index (χ4n) is 10.4. The first-order valence-corrected chi connectivity index (χ1v) is 13.9. The van der Waals surface area contributed by atoms with E-state index in [1.165, 1.54) is 24.3 Å². The van der Waals surface area contributed by atoms with Gasteiger partial charge in [-0.25, -0.2) is 0 Å². The smallest absolute Gasteiger partial charge is 0.175 e. The molecule has 6 N–H and O–H groups in total. The molecule has 2 aromatic carbocycles. The van der Waals surface area contributed by atoms with E-state index in [1.807, 2.05) is 0 Å². The van der Waals surface area contributed by atoms with E-state index >= 15 is 0 Å². The lowest BCUT2D eigenvalue weighted by molar-refractivity contribution is -0.138. The number of hydrogen-bond donors (Lipinski definition) is 6. The zero-order valence-electron chi connectivity index (χ0n) is 22.5. The van der Waals surface area contributed by atoms with Crippen molar-refractivity contribution >= 4 is 34.7 Å². The van der Waals surface area contributed by atoms with Crippen molar-refractivity contribution in [3.63, 3.8) is 0 Å². The summed E-state index contributed by atoms with van der Waals surface area (Å²) in [7, 11) is 0. The van der Waals surface area contributed by atoms with Crippen LogP contribution in [0.15, 0.2) is 35.4 Å². The SMILES string of the molecule is Cc1cc(O)c2c(c1)C(=O)C13C(=C2O)C(=O)C2C(CO)C1C1C(CO)C3C(=O)C3=C(O)c4c(O)cc(C)cc4C(=O)C321. The Hall–Kier alpha value is -4.28. The van der Waals surface area contributed by atoms with E-state index < -0.39 is 106 Å². The Kier molecular flexibility index (Phi) is 4.46. The lowest BCUT2D eigenvalue weighted by Gasteiger charge is -2.55. The van der Waals surface area contributed by atoms with Gasteiger partial charge in [-0.2, -0.15) is 0 Å². The van der Waals surface area contributed by atoms with Crippen LogP contribution in [0.1, 0.15) is 43.0 Å². The number of fused-ring (bicyclic) bond motifs is 4. The number of carbonyl (C=O) groups excluding carboxylic acids is 4. The first-order valence-electron chi connectivity index (χ1n) is 13.9.